The molecule has 100 heavy (non-hydrogen) atoms. The number of aliphatic hydroxyl groups is 11. The standard InChI is InChI=1S/C70H106O30/c1-32-58(40(84-8)26-48(89-32)93-39-20-21-66(6)38(25-39)19-22-69(82)45(66)29-46(96-47(73)18-17-37-15-13-12-14-16-37)67(7)68(81,36(5)72)23-24-70(67,69)83)97-49-27-41(85-9)60(34(3)90-49)100-65-57(80)62(87-11)61(35(4)92-65)98-50-28-42(86-10)59(33(2)91-50)99-64-56(79)54(77)52(75)44(95-64)31-88-63-55(78)53(76)51(74)43(30-71)94-63/h12-19,32-35,39-46,48-65,71,74-83H,20-31H2,1-11H3/b18-17+/t32-,33-,34-,35-,39+,40+,41+,42-,43-,44-,45-,46-,48+,49+,50+,51-,52-,53+,54+,55-,56-,57-,58-,59-,60-,61+,62-,63-,64+,65+,66+,67-,68-,69+,70-/m1/s1. The third kappa shape index (κ3) is 14.4. The molecule has 6 heterocycles. The smallest absolute Gasteiger partial charge is 0.331 e. The molecular weight excluding hydrogens is 1320 g/mol. The molecular formula is C70H106O30. The quantitative estimate of drug-likeness (QED) is 0.0409. The van der Waals surface area contributed by atoms with Crippen LogP contribution in [0, 0.1) is 16.7 Å². The fourth-order valence-electron chi connectivity index (χ4n) is 17.9. The lowest BCUT2D eigenvalue weighted by molar-refractivity contribution is -0.373. The predicted octanol–water partition coefficient (Wildman–Crippen LogP) is -0.145. The highest BCUT2D eigenvalue weighted by Crippen LogP contribution is 2.71. The van der Waals surface area contributed by atoms with Crippen molar-refractivity contribution in [1.82, 2.24) is 0 Å². The first-order chi connectivity index (χ1) is 47.4. The molecule has 10 aliphatic rings. The highest BCUT2D eigenvalue weighted by atomic mass is 16.8. The fraction of sp³-hybridized carbons (Fsp3) is 0.829. The topological polar surface area (TPSA) is 414 Å². The molecule has 11 N–H and O–H groups in total. The number of carbonyl (C=O) groups is 2. The average Bonchev–Trinajstić information content (AvgIpc) is 1.39. The highest BCUT2D eigenvalue weighted by Gasteiger charge is 2.81. The van der Waals surface area contributed by atoms with Gasteiger partial charge in [0.05, 0.1) is 67.5 Å². The third-order valence-electron chi connectivity index (χ3n) is 23.9. The van der Waals surface area contributed by atoms with E-state index in [0.29, 0.717) is 25.7 Å². The molecule has 6 aliphatic heterocycles. The maximum absolute atomic E-state index is 13.7. The summed E-state index contributed by atoms with van der Waals surface area (Å²) in [5.41, 5.74) is -6.53. The Kier molecular flexibility index (Phi) is 24.4. The van der Waals surface area contributed by atoms with Crippen molar-refractivity contribution >= 4 is 17.8 Å². The summed E-state index contributed by atoms with van der Waals surface area (Å²) in [5.74, 6) is -1.90. The molecule has 0 spiro atoms. The first kappa shape index (κ1) is 77.8. The minimum absolute atomic E-state index is 0.0421. The minimum atomic E-state index is -2.08. The Labute approximate surface area is 581 Å². The van der Waals surface area contributed by atoms with Gasteiger partial charge in [0, 0.05) is 59.7 Å². The lowest BCUT2D eigenvalue weighted by Gasteiger charge is -2.67. The second-order valence-electron chi connectivity index (χ2n) is 29.4. The second-order valence-corrected chi connectivity index (χ2v) is 29.4. The first-order valence-electron chi connectivity index (χ1n) is 35.0. The number of carbonyl (C=O) groups excluding carboxylic acids is 2. The molecule has 11 rings (SSSR count). The molecule has 0 aromatic heterocycles. The van der Waals surface area contributed by atoms with E-state index in [0.717, 1.165) is 11.1 Å². The van der Waals surface area contributed by atoms with Crippen molar-refractivity contribution in [1.29, 1.82) is 0 Å². The van der Waals surface area contributed by atoms with Gasteiger partial charge in [0.25, 0.3) is 0 Å². The molecule has 0 amide bonds. The van der Waals surface area contributed by atoms with Gasteiger partial charge in [0.2, 0.25) is 0 Å². The Morgan fingerprint density at radius 2 is 1.09 bits per heavy atom. The van der Waals surface area contributed by atoms with Gasteiger partial charge in [-0.3, -0.25) is 4.79 Å². The molecule has 35 atom stereocenters. The predicted molar refractivity (Wildman–Crippen MR) is 342 cm³/mol. The zero-order valence-electron chi connectivity index (χ0n) is 58.6. The number of Topliss-reactive ketones (excluding diaryl/α,β-unsaturated/α-hetero) is 1. The van der Waals surface area contributed by atoms with Gasteiger partial charge in [-0.05, 0) is 104 Å². The van der Waals surface area contributed by atoms with Crippen LogP contribution in [-0.2, 0) is 90.1 Å². The zero-order chi connectivity index (χ0) is 72.3. The van der Waals surface area contributed by atoms with Crippen LogP contribution in [0.1, 0.15) is 118 Å². The summed E-state index contributed by atoms with van der Waals surface area (Å²) in [6.07, 6.45) is -24.9. The van der Waals surface area contributed by atoms with E-state index >= 15 is 0 Å². The largest absolute Gasteiger partial charge is 0.458 e. The number of methoxy groups -OCH3 is 4. The lowest BCUT2D eigenvalue weighted by Crippen LogP contribution is -2.78. The second kappa shape index (κ2) is 31.3. The van der Waals surface area contributed by atoms with Gasteiger partial charge in [-0.25, -0.2) is 4.79 Å². The van der Waals surface area contributed by atoms with Crippen molar-refractivity contribution in [2.75, 3.05) is 41.7 Å². The number of ether oxygens (including phenoxy) is 17. The summed E-state index contributed by atoms with van der Waals surface area (Å²) < 4.78 is 105. The van der Waals surface area contributed by atoms with Crippen LogP contribution in [0.5, 0.6) is 0 Å². The van der Waals surface area contributed by atoms with Gasteiger partial charge in [0.15, 0.2) is 43.5 Å². The molecule has 30 heteroatoms. The number of hydrogen-bond acceptors (Lipinski definition) is 30. The number of ketones is 1. The fourth-order valence-corrected chi connectivity index (χ4v) is 17.9. The van der Waals surface area contributed by atoms with Crippen molar-refractivity contribution in [2.24, 2.45) is 16.7 Å². The van der Waals surface area contributed by atoms with Crippen molar-refractivity contribution in [3.05, 3.63) is 53.6 Å². The average molecular weight is 1430 g/mol. The number of aliphatic hydroxyl groups excluding tert-OH is 8. The molecule has 0 radical (unpaired) electrons. The summed E-state index contributed by atoms with van der Waals surface area (Å²) in [5, 5.41) is 123. The number of esters is 1. The molecule has 566 valence electrons. The van der Waals surface area contributed by atoms with E-state index in [2.05, 4.69) is 6.92 Å². The molecule has 3 saturated carbocycles. The number of rotatable bonds is 22. The van der Waals surface area contributed by atoms with E-state index in [-0.39, 0.29) is 44.6 Å². The van der Waals surface area contributed by atoms with E-state index < -0.39 is 231 Å². The van der Waals surface area contributed by atoms with E-state index in [1.54, 1.807) is 40.9 Å². The third-order valence-corrected chi connectivity index (χ3v) is 23.9. The van der Waals surface area contributed by atoms with Gasteiger partial charge in [0.1, 0.15) is 108 Å². The maximum Gasteiger partial charge on any atom is 0.331 e. The first-order valence-corrected chi connectivity index (χ1v) is 35.0. The Balaban J connectivity index is 0.666. The van der Waals surface area contributed by atoms with Gasteiger partial charge in [-0.2, -0.15) is 0 Å². The number of hydrogen-bond donors (Lipinski definition) is 11. The van der Waals surface area contributed by atoms with E-state index in [4.69, 9.17) is 80.5 Å². The van der Waals surface area contributed by atoms with Gasteiger partial charge in [-0.15, -0.1) is 0 Å². The normalized spacial score (nSPS) is 49.8. The van der Waals surface area contributed by atoms with Crippen LogP contribution in [0.2, 0.25) is 0 Å². The Hall–Kier alpha value is -3.24. The SMILES string of the molecule is CO[C@@H]1[C@@H](O)[C@H](O[C@H]2[C@@H](OC)C[C@H](O[C@H]3[C@@H](OC)C[C@H](O[C@H]4CC[C@@]5(C)C(=CC[C@]6(O)[C@@H]5C[C@@H](OC(=O)/C=C/c5ccccc5)[C@@]5(C)[C@]6(O)CC[C@@]5(O)C(C)=O)C4)O[C@@H]3C)O[C@@H]2C)O[C@H](C)[C@@H]1O[C@H]1C[C@@H](OC)[C@H](O[C@@H]2O[C@H](CO[C@@H]3O[C@H](CO)[C@@H](O)[C@H](O)[C@H]3O)[C@@H](O)[C@H](O)[C@H]2O)[C@@H](C)O1. The summed E-state index contributed by atoms with van der Waals surface area (Å²) in [6.45, 7) is 10.7. The van der Waals surface area contributed by atoms with Gasteiger partial charge in [-0.1, -0.05) is 48.9 Å². The van der Waals surface area contributed by atoms with Crippen molar-refractivity contribution < 1.29 is 146 Å². The summed E-state index contributed by atoms with van der Waals surface area (Å²) >= 11 is 0. The van der Waals surface area contributed by atoms with Gasteiger partial charge < -0.3 is 137 Å². The molecule has 4 aliphatic carbocycles. The van der Waals surface area contributed by atoms with Crippen LogP contribution in [0.15, 0.2) is 48.1 Å². The Bertz CT molecular complexity index is 2970. The van der Waals surface area contributed by atoms with Gasteiger partial charge >= 0.3 is 5.97 Å². The molecule has 9 fully saturated rings. The van der Waals surface area contributed by atoms with Crippen LogP contribution < -0.4 is 0 Å². The molecule has 1 aromatic carbocycles. The van der Waals surface area contributed by atoms with Crippen LogP contribution in [0.4, 0.5) is 0 Å². The summed E-state index contributed by atoms with van der Waals surface area (Å²) in [6, 6.07) is 9.22. The summed E-state index contributed by atoms with van der Waals surface area (Å²) in [7, 11) is 5.98. The summed E-state index contributed by atoms with van der Waals surface area (Å²) in [4.78, 5) is 27.1. The van der Waals surface area contributed by atoms with E-state index in [1.807, 2.05) is 43.3 Å². The molecule has 0 unspecified atom stereocenters. The zero-order valence-corrected chi connectivity index (χ0v) is 58.6. The van der Waals surface area contributed by atoms with E-state index in [1.165, 1.54) is 34.3 Å². The van der Waals surface area contributed by atoms with Crippen LogP contribution >= 0.6 is 0 Å². The Morgan fingerprint density at radius 3 is 1.65 bits per heavy atom. The number of benzene rings is 1. The molecule has 1 aromatic rings. The Morgan fingerprint density at radius 1 is 0.570 bits per heavy atom. The monoisotopic (exact) mass is 1430 g/mol. The van der Waals surface area contributed by atoms with Crippen LogP contribution in [0.25, 0.3) is 6.08 Å². The number of fused-ring (bicyclic) bond motifs is 5. The van der Waals surface area contributed by atoms with Crippen molar-refractivity contribution in [3.8, 4) is 0 Å². The van der Waals surface area contributed by atoms with E-state index in [9.17, 15) is 65.8 Å². The minimum Gasteiger partial charge on any atom is -0.458 e. The van der Waals surface area contributed by atoms with Crippen LogP contribution in [0.3, 0.4) is 0 Å². The lowest BCUT2D eigenvalue weighted by atomic mass is 9.42. The van der Waals surface area contributed by atoms with Crippen molar-refractivity contribution in [3.63, 3.8) is 0 Å². The molecule has 0 bridgehead atoms. The molecule has 6 saturated heterocycles. The maximum atomic E-state index is 13.7. The van der Waals surface area contributed by atoms with Crippen molar-refractivity contribution in [2.45, 2.75) is 308 Å². The van der Waals surface area contributed by atoms with Crippen LogP contribution in [-0.4, -0.2) is 305 Å². The highest BCUT2D eigenvalue weighted by molar-refractivity contribution is 5.89. The molecule has 30 nitrogen and oxygen atoms in total.